The third-order valence-electron chi connectivity index (χ3n) is 3.36. The van der Waals surface area contributed by atoms with Gasteiger partial charge >= 0.3 is 0 Å². The van der Waals surface area contributed by atoms with Gasteiger partial charge in [-0.25, -0.2) is 4.98 Å². The highest BCUT2D eigenvalue weighted by Crippen LogP contribution is 2.25. The van der Waals surface area contributed by atoms with Crippen LogP contribution in [0.1, 0.15) is 31.5 Å². The molecule has 1 saturated heterocycles. The molecule has 1 atom stereocenters. The van der Waals surface area contributed by atoms with Crippen LogP contribution in [0.25, 0.3) is 0 Å². The molecule has 0 bridgehead atoms. The smallest absolute Gasteiger partial charge is 0.218 e. The molecule has 1 aliphatic heterocycles. The number of aryl methyl sites for hydroxylation is 1. The Morgan fingerprint density at radius 1 is 1.39 bits per heavy atom. The van der Waals surface area contributed by atoms with Crippen molar-refractivity contribution in [3.05, 3.63) is 11.9 Å². The number of rotatable bonds is 3. The molecule has 0 aromatic carbocycles. The Balaban J connectivity index is 2.29. The summed E-state index contributed by atoms with van der Waals surface area (Å²) in [5, 5.41) is 0. The van der Waals surface area contributed by atoms with E-state index in [1.165, 1.54) is 19.3 Å². The molecular formula is C13H20ClN3O. The molecule has 0 saturated carbocycles. The summed E-state index contributed by atoms with van der Waals surface area (Å²) in [7, 11) is 1.63. The molecule has 0 spiro atoms. The minimum atomic E-state index is 0.369. The quantitative estimate of drug-likeness (QED) is 0.791. The maximum atomic E-state index is 6.09. The summed E-state index contributed by atoms with van der Waals surface area (Å²) < 4.78 is 5.22. The average molecular weight is 270 g/mol. The molecule has 4 nitrogen and oxygen atoms in total. The van der Waals surface area contributed by atoms with E-state index in [0.717, 1.165) is 24.6 Å². The van der Waals surface area contributed by atoms with Crippen molar-refractivity contribution in [2.24, 2.45) is 0 Å². The van der Waals surface area contributed by atoms with E-state index in [9.17, 15) is 0 Å². The van der Waals surface area contributed by atoms with E-state index in [-0.39, 0.29) is 0 Å². The molecule has 0 amide bonds. The van der Waals surface area contributed by atoms with Gasteiger partial charge in [-0.15, -0.1) is 11.6 Å². The number of hydrogen-bond donors (Lipinski definition) is 0. The van der Waals surface area contributed by atoms with Crippen LogP contribution >= 0.6 is 11.6 Å². The van der Waals surface area contributed by atoms with Crippen LogP contribution in [0.4, 0.5) is 5.82 Å². The average Bonchev–Trinajstić information content (AvgIpc) is 2.62. The Kier molecular flexibility index (Phi) is 4.64. The third-order valence-corrected chi connectivity index (χ3v) is 3.72. The van der Waals surface area contributed by atoms with Crippen LogP contribution in [0.3, 0.4) is 0 Å². The second-order valence-electron chi connectivity index (χ2n) is 4.67. The summed E-state index contributed by atoms with van der Waals surface area (Å²) in [5.74, 6) is 2.94. The number of hydrogen-bond acceptors (Lipinski definition) is 4. The van der Waals surface area contributed by atoms with Crippen LogP contribution in [-0.4, -0.2) is 35.5 Å². The Morgan fingerprint density at radius 3 is 2.94 bits per heavy atom. The first-order valence-electron chi connectivity index (χ1n) is 6.47. The summed E-state index contributed by atoms with van der Waals surface area (Å²) in [6.07, 6.45) is 4.84. The molecule has 1 fully saturated rings. The van der Waals surface area contributed by atoms with Gasteiger partial charge in [0, 0.05) is 24.5 Å². The molecule has 2 rings (SSSR count). The van der Waals surface area contributed by atoms with Crippen molar-refractivity contribution in [3.8, 4) is 5.88 Å². The molecular weight excluding hydrogens is 250 g/mol. The zero-order chi connectivity index (χ0) is 13.0. The van der Waals surface area contributed by atoms with E-state index >= 15 is 0 Å². The van der Waals surface area contributed by atoms with Crippen LogP contribution < -0.4 is 9.64 Å². The SMILES string of the molecule is COc1cc(N2CCCCCC2CCl)nc(C)n1. The molecule has 1 aromatic heterocycles. The molecule has 1 unspecified atom stereocenters. The van der Waals surface area contributed by atoms with Crippen molar-refractivity contribution < 1.29 is 4.74 Å². The number of nitrogens with zero attached hydrogens (tertiary/aromatic N) is 3. The van der Waals surface area contributed by atoms with Gasteiger partial charge in [-0.1, -0.05) is 12.8 Å². The molecule has 18 heavy (non-hydrogen) atoms. The Labute approximate surface area is 113 Å². The predicted molar refractivity (Wildman–Crippen MR) is 73.6 cm³/mol. The topological polar surface area (TPSA) is 38.2 Å². The first-order valence-corrected chi connectivity index (χ1v) is 7.00. The Hall–Kier alpha value is -1.03. The van der Waals surface area contributed by atoms with E-state index in [4.69, 9.17) is 16.3 Å². The molecule has 5 heteroatoms. The van der Waals surface area contributed by atoms with Crippen LogP contribution in [-0.2, 0) is 0 Å². The number of halogens is 1. The van der Waals surface area contributed by atoms with E-state index in [2.05, 4.69) is 14.9 Å². The number of aromatic nitrogens is 2. The minimum absolute atomic E-state index is 0.369. The Morgan fingerprint density at radius 2 is 2.22 bits per heavy atom. The van der Waals surface area contributed by atoms with Gasteiger partial charge in [0.25, 0.3) is 0 Å². The minimum Gasteiger partial charge on any atom is -0.481 e. The predicted octanol–water partition coefficient (Wildman–Crippen LogP) is 2.78. The fourth-order valence-corrected chi connectivity index (χ4v) is 2.74. The third kappa shape index (κ3) is 3.05. The molecule has 1 aromatic rings. The number of ether oxygens (including phenoxy) is 1. The highest BCUT2D eigenvalue weighted by molar-refractivity contribution is 6.18. The van der Waals surface area contributed by atoms with Gasteiger partial charge in [-0.05, 0) is 19.8 Å². The van der Waals surface area contributed by atoms with E-state index < -0.39 is 0 Å². The highest BCUT2D eigenvalue weighted by Gasteiger charge is 2.22. The van der Waals surface area contributed by atoms with Gasteiger partial charge in [0.05, 0.1) is 7.11 Å². The zero-order valence-corrected chi connectivity index (χ0v) is 11.8. The Bertz CT molecular complexity index is 400. The van der Waals surface area contributed by atoms with Gasteiger partial charge in [0.1, 0.15) is 11.6 Å². The lowest BCUT2D eigenvalue weighted by Crippen LogP contribution is -2.37. The lowest BCUT2D eigenvalue weighted by molar-refractivity contribution is 0.395. The van der Waals surface area contributed by atoms with E-state index in [1.807, 2.05) is 13.0 Å². The van der Waals surface area contributed by atoms with Crippen LogP contribution in [0.5, 0.6) is 5.88 Å². The van der Waals surface area contributed by atoms with Crippen molar-refractivity contribution >= 4 is 17.4 Å². The largest absolute Gasteiger partial charge is 0.481 e. The van der Waals surface area contributed by atoms with E-state index in [0.29, 0.717) is 17.8 Å². The number of alkyl halides is 1. The number of methoxy groups -OCH3 is 1. The maximum absolute atomic E-state index is 6.09. The van der Waals surface area contributed by atoms with Crippen molar-refractivity contribution in [2.75, 3.05) is 24.4 Å². The summed E-state index contributed by atoms with van der Waals surface area (Å²) in [6, 6.07) is 2.27. The van der Waals surface area contributed by atoms with Crippen molar-refractivity contribution in [1.29, 1.82) is 0 Å². The summed E-state index contributed by atoms with van der Waals surface area (Å²) >= 11 is 6.09. The van der Waals surface area contributed by atoms with Gasteiger partial charge in [-0.3, -0.25) is 0 Å². The first-order chi connectivity index (χ1) is 8.74. The van der Waals surface area contributed by atoms with Gasteiger partial charge in [-0.2, -0.15) is 4.98 Å². The molecule has 2 heterocycles. The fraction of sp³-hybridized carbons (Fsp3) is 0.692. The molecule has 0 radical (unpaired) electrons. The van der Waals surface area contributed by atoms with Crippen LogP contribution in [0, 0.1) is 6.92 Å². The van der Waals surface area contributed by atoms with Gasteiger partial charge in [0.2, 0.25) is 5.88 Å². The van der Waals surface area contributed by atoms with Crippen LogP contribution in [0.15, 0.2) is 6.07 Å². The van der Waals surface area contributed by atoms with Crippen LogP contribution in [0.2, 0.25) is 0 Å². The van der Waals surface area contributed by atoms with Crippen molar-refractivity contribution in [3.63, 3.8) is 0 Å². The van der Waals surface area contributed by atoms with Gasteiger partial charge < -0.3 is 9.64 Å². The van der Waals surface area contributed by atoms with Gasteiger partial charge in [0.15, 0.2) is 0 Å². The maximum Gasteiger partial charge on any atom is 0.218 e. The molecule has 0 N–H and O–H groups in total. The lowest BCUT2D eigenvalue weighted by Gasteiger charge is -2.29. The zero-order valence-electron chi connectivity index (χ0n) is 11.0. The summed E-state index contributed by atoms with van der Waals surface area (Å²) in [6.45, 7) is 2.90. The first kappa shape index (κ1) is 13.4. The fourth-order valence-electron chi connectivity index (χ4n) is 2.42. The second kappa shape index (κ2) is 6.23. The monoisotopic (exact) mass is 269 g/mol. The molecule has 1 aliphatic rings. The van der Waals surface area contributed by atoms with Crippen molar-refractivity contribution in [2.45, 2.75) is 38.6 Å². The lowest BCUT2D eigenvalue weighted by atomic mass is 10.1. The standard InChI is InChI=1S/C13H20ClN3O/c1-10-15-12(8-13(16-10)18-2)17-7-5-3-4-6-11(17)9-14/h8,11H,3-7,9H2,1-2H3. The van der Waals surface area contributed by atoms with Crippen molar-refractivity contribution in [1.82, 2.24) is 9.97 Å². The summed E-state index contributed by atoms with van der Waals surface area (Å²) in [4.78, 5) is 11.1. The molecule has 100 valence electrons. The van der Waals surface area contributed by atoms with E-state index in [1.54, 1.807) is 7.11 Å². The molecule has 0 aliphatic carbocycles. The highest BCUT2D eigenvalue weighted by atomic mass is 35.5. The second-order valence-corrected chi connectivity index (χ2v) is 4.98. The summed E-state index contributed by atoms with van der Waals surface area (Å²) in [5.41, 5.74) is 0. The normalized spacial score (nSPS) is 20.6. The number of anilines is 1.